The summed E-state index contributed by atoms with van der Waals surface area (Å²) in [5.74, 6) is 0.525. The Kier molecular flexibility index (Phi) is 6.31. The van der Waals surface area contributed by atoms with Gasteiger partial charge >= 0.3 is 0 Å². The second-order valence-electron chi connectivity index (χ2n) is 15.8. The molecule has 15 heteroatoms. The summed E-state index contributed by atoms with van der Waals surface area (Å²) in [6.07, 6.45) is 10.8. The highest BCUT2D eigenvalue weighted by Crippen LogP contribution is 2.75. The van der Waals surface area contributed by atoms with Crippen molar-refractivity contribution in [1.29, 1.82) is 0 Å². The Morgan fingerprint density at radius 3 is 2.55 bits per heavy atom. The topological polar surface area (TPSA) is 173 Å². The summed E-state index contributed by atoms with van der Waals surface area (Å²) < 4.78 is 7.32. The van der Waals surface area contributed by atoms with E-state index in [9.17, 15) is 19.5 Å². The summed E-state index contributed by atoms with van der Waals surface area (Å²) in [7, 11) is 1.53. The summed E-state index contributed by atoms with van der Waals surface area (Å²) in [4.78, 5) is 60.4. The van der Waals surface area contributed by atoms with E-state index >= 15 is 0 Å². The van der Waals surface area contributed by atoms with Crippen LogP contribution in [0, 0.1) is 18.3 Å². The normalized spacial score (nSPS) is 30.2. The molecule has 264 valence electrons. The SMILES string of the molecule is COc1cc(-n2nc3c(=O)c(N4CCN(C(=O)c5ncnc(C)c5O)[C@H]5CC[C@@H]54)c4n(c3n2)[C@@H](C(=O)NC23CC(C5CC5)(C2)C3)C[C@@H]4C)ccn1. The maximum Gasteiger partial charge on any atom is 0.276 e. The van der Waals surface area contributed by atoms with E-state index in [2.05, 4.69) is 32.1 Å². The summed E-state index contributed by atoms with van der Waals surface area (Å²) in [5, 5.41) is 23.7. The van der Waals surface area contributed by atoms with Gasteiger partial charge in [-0.25, -0.2) is 15.0 Å². The van der Waals surface area contributed by atoms with Gasteiger partial charge in [0.15, 0.2) is 22.6 Å². The number of carbonyl (C=O) groups excluding carboxylic acids is 2. The molecule has 15 nitrogen and oxygen atoms in total. The number of nitrogens with zero attached hydrogens (tertiary/aromatic N) is 9. The van der Waals surface area contributed by atoms with Crippen LogP contribution in [0.4, 0.5) is 5.69 Å². The van der Waals surface area contributed by atoms with Crippen molar-refractivity contribution in [2.24, 2.45) is 11.3 Å². The molecular weight excluding hydrogens is 652 g/mol. The van der Waals surface area contributed by atoms with Crippen LogP contribution in [-0.4, -0.2) is 94.2 Å². The Bertz CT molecular complexity index is 2210. The second kappa shape index (κ2) is 10.5. The first-order valence-electron chi connectivity index (χ1n) is 18.1. The smallest absolute Gasteiger partial charge is 0.276 e. The molecule has 4 atom stereocenters. The van der Waals surface area contributed by atoms with Gasteiger partial charge in [-0.1, -0.05) is 6.92 Å². The van der Waals surface area contributed by atoms with Crippen LogP contribution in [0.15, 0.2) is 29.5 Å². The number of nitrogens with one attached hydrogen (secondary N) is 1. The molecule has 6 fully saturated rings. The molecule has 5 aliphatic carbocycles. The predicted octanol–water partition coefficient (Wildman–Crippen LogP) is 2.78. The fraction of sp³-hybridized carbons (Fsp3) is 0.556. The minimum Gasteiger partial charge on any atom is -0.504 e. The van der Waals surface area contributed by atoms with Gasteiger partial charge in [0.05, 0.1) is 30.2 Å². The van der Waals surface area contributed by atoms with Gasteiger partial charge in [-0.2, -0.15) is 0 Å². The summed E-state index contributed by atoms with van der Waals surface area (Å²) in [5.41, 5.74) is 2.88. The molecule has 4 aromatic rings. The van der Waals surface area contributed by atoms with Gasteiger partial charge in [0.2, 0.25) is 17.2 Å². The highest BCUT2D eigenvalue weighted by Gasteiger charge is 2.72. The van der Waals surface area contributed by atoms with Crippen LogP contribution in [0.25, 0.3) is 16.9 Å². The van der Waals surface area contributed by atoms with Crippen molar-refractivity contribution in [2.75, 3.05) is 25.1 Å². The van der Waals surface area contributed by atoms with E-state index in [1.165, 1.54) is 31.1 Å². The second-order valence-corrected chi connectivity index (χ2v) is 15.8. The van der Waals surface area contributed by atoms with E-state index in [1.54, 1.807) is 30.2 Å². The lowest BCUT2D eigenvalue weighted by atomic mass is 9.37. The van der Waals surface area contributed by atoms with Gasteiger partial charge in [-0.15, -0.1) is 15.0 Å². The monoisotopic (exact) mass is 692 g/mol. The maximum atomic E-state index is 14.7. The van der Waals surface area contributed by atoms with Crippen molar-refractivity contribution in [3.8, 4) is 17.3 Å². The molecule has 1 saturated heterocycles. The Morgan fingerprint density at radius 1 is 1.04 bits per heavy atom. The Morgan fingerprint density at radius 2 is 1.82 bits per heavy atom. The molecule has 7 aliphatic rings. The number of aryl methyl sites for hydroxylation is 1. The molecule has 2 bridgehead atoms. The van der Waals surface area contributed by atoms with Crippen molar-refractivity contribution in [3.63, 3.8) is 0 Å². The molecule has 0 unspecified atom stereocenters. The Hall–Kier alpha value is -5.08. The molecule has 11 rings (SSSR count). The lowest BCUT2D eigenvalue weighted by Crippen LogP contribution is -2.75. The number of pyridine rings is 2. The van der Waals surface area contributed by atoms with E-state index in [1.807, 2.05) is 4.57 Å². The zero-order chi connectivity index (χ0) is 35.0. The van der Waals surface area contributed by atoms with Gasteiger partial charge in [0, 0.05) is 42.9 Å². The van der Waals surface area contributed by atoms with Crippen LogP contribution in [0.2, 0.25) is 0 Å². The van der Waals surface area contributed by atoms with Crippen LogP contribution in [0.3, 0.4) is 0 Å². The van der Waals surface area contributed by atoms with Gasteiger partial charge in [-0.05, 0) is 75.7 Å². The van der Waals surface area contributed by atoms with Crippen LogP contribution in [0.5, 0.6) is 11.6 Å². The number of rotatable bonds is 7. The first-order chi connectivity index (χ1) is 24.6. The number of hydrogen-bond donors (Lipinski definition) is 2. The Balaban J connectivity index is 1.05. The van der Waals surface area contributed by atoms with E-state index in [0.29, 0.717) is 53.5 Å². The zero-order valence-corrected chi connectivity index (χ0v) is 28.9. The standard InChI is InChI=1S/C36H40N10O5/c1-18-12-24(33(49)40-36-14-35(15-36,16-36)20-4-5-20)45-28(18)29(31(48)26-32(45)42-46(41-26)21-8-9-37-25(13-21)51-3)43-10-11-44(23-7-6-22(23)43)34(50)27-30(47)19(2)38-17-39-27/h8-9,13,17-18,20,22-24,47H,4-7,10-12,14-16H2,1-3H3,(H,40,49)/t18-,22-,23-,24+,35?,36?/m0/s1. The number of ether oxygens (including phenoxy) is 1. The number of fused-ring (bicyclic) bond motifs is 4. The molecule has 51 heavy (non-hydrogen) atoms. The third kappa shape index (κ3) is 4.29. The molecular formula is C36H40N10O5. The average Bonchev–Trinajstić information content (AvgIpc) is 3.72. The molecule has 6 heterocycles. The average molecular weight is 693 g/mol. The lowest BCUT2D eigenvalue weighted by Gasteiger charge is -2.71. The predicted molar refractivity (Wildman–Crippen MR) is 183 cm³/mol. The lowest BCUT2D eigenvalue weighted by molar-refractivity contribution is -0.177. The summed E-state index contributed by atoms with van der Waals surface area (Å²) in [6.45, 7) is 4.45. The first-order valence-corrected chi connectivity index (χ1v) is 18.1. The van der Waals surface area contributed by atoms with Crippen molar-refractivity contribution in [2.45, 2.75) is 94.8 Å². The third-order valence-electron chi connectivity index (χ3n) is 12.8. The fourth-order valence-corrected chi connectivity index (χ4v) is 10.2. The number of hydrogen-bond acceptors (Lipinski definition) is 11. The number of amides is 2. The molecule has 0 aromatic carbocycles. The van der Waals surface area contributed by atoms with Gasteiger partial charge in [-0.3, -0.25) is 14.4 Å². The fourth-order valence-electron chi connectivity index (χ4n) is 10.2. The molecule has 2 aliphatic heterocycles. The minimum atomic E-state index is -0.552. The van der Waals surface area contributed by atoms with Crippen molar-refractivity contribution < 1.29 is 19.4 Å². The van der Waals surface area contributed by atoms with Gasteiger partial charge < -0.3 is 29.5 Å². The first kappa shape index (κ1) is 30.7. The largest absolute Gasteiger partial charge is 0.504 e. The van der Waals surface area contributed by atoms with E-state index < -0.39 is 6.04 Å². The molecule has 0 spiro atoms. The third-order valence-corrected chi connectivity index (χ3v) is 12.8. The van der Waals surface area contributed by atoms with Crippen molar-refractivity contribution in [1.82, 2.24) is 44.7 Å². The van der Waals surface area contributed by atoms with Gasteiger partial charge in [0.1, 0.15) is 18.1 Å². The van der Waals surface area contributed by atoms with Crippen LogP contribution >= 0.6 is 0 Å². The van der Waals surface area contributed by atoms with E-state index in [4.69, 9.17) is 14.9 Å². The van der Waals surface area contributed by atoms with Crippen molar-refractivity contribution >= 4 is 28.7 Å². The number of aromatic nitrogens is 7. The minimum absolute atomic E-state index is 0.0115. The zero-order valence-electron chi connectivity index (χ0n) is 28.9. The number of aromatic hydroxyl groups is 1. The van der Waals surface area contributed by atoms with Crippen LogP contribution < -0.4 is 20.4 Å². The van der Waals surface area contributed by atoms with Gasteiger partial charge in [0.25, 0.3) is 5.91 Å². The molecule has 0 radical (unpaired) electrons. The molecule has 5 saturated carbocycles. The van der Waals surface area contributed by atoms with Crippen LogP contribution in [0.1, 0.15) is 92.1 Å². The quantitative estimate of drug-likeness (QED) is 0.292. The highest BCUT2D eigenvalue weighted by atomic mass is 16.5. The summed E-state index contributed by atoms with van der Waals surface area (Å²) in [6, 6.07) is 2.60. The summed E-state index contributed by atoms with van der Waals surface area (Å²) >= 11 is 0. The van der Waals surface area contributed by atoms with E-state index in [-0.39, 0.29) is 57.7 Å². The number of anilines is 1. The molecule has 2 amide bonds. The highest BCUT2D eigenvalue weighted by molar-refractivity contribution is 5.95. The van der Waals surface area contributed by atoms with Crippen molar-refractivity contribution in [3.05, 3.63) is 52.0 Å². The van der Waals surface area contributed by atoms with E-state index in [0.717, 1.165) is 43.7 Å². The Labute approximate surface area is 293 Å². The number of methoxy groups -OCH3 is 1. The number of carbonyl (C=O) groups is 2. The van der Waals surface area contributed by atoms with Crippen LogP contribution in [-0.2, 0) is 4.79 Å². The molecule has 4 aromatic heterocycles. The maximum absolute atomic E-state index is 14.7. The number of piperazine rings is 1. The molecule has 2 N–H and O–H groups in total.